The summed E-state index contributed by atoms with van der Waals surface area (Å²) in [6, 6.07) is 2.39. The van der Waals surface area contributed by atoms with Gasteiger partial charge in [0.25, 0.3) is 0 Å². The van der Waals surface area contributed by atoms with E-state index >= 15 is 0 Å². The normalized spacial score (nSPS) is 12.1. The second kappa shape index (κ2) is 5.92. The lowest BCUT2D eigenvalue weighted by atomic mass is 10.3. The molecule has 1 atom stereocenters. The molecule has 0 aliphatic rings. The Bertz CT molecular complexity index is 346. The topological polar surface area (TPSA) is 88.8 Å². The van der Waals surface area contributed by atoms with Crippen molar-refractivity contribution in [3.63, 3.8) is 0 Å². The molecule has 0 bridgehead atoms. The van der Waals surface area contributed by atoms with Gasteiger partial charge in [-0.15, -0.1) is 0 Å². The monoisotopic (exact) mass is 227 g/mol. The highest BCUT2D eigenvalue weighted by Crippen LogP contribution is 2.02. The fourth-order valence-corrected chi connectivity index (χ4v) is 1.09. The van der Waals surface area contributed by atoms with Crippen molar-refractivity contribution in [2.24, 2.45) is 0 Å². The van der Waals surface area contributed by atoms with Gasteiger partial charge in [-0.3, -0.25) is 4.79 Å². The van der Waals surface area contributed by atoms with Crippen LogP contribution in [0.5, 0.6) is 0 Å². The molecular formula is C10H13NO5. The number of carbonyl (C=O) groups excluding carboxylic acids is 1. The van der Waals surface area contributed by atoms with Crippen LogP contribution in [0.1, 0.15) is 12.7 Å². The Labute approximate surface area is 92.2 Å². The molecule has 1 aromatic heterocycles. The van der Waals surface area contributed by atoms with Crippen LogP contribution in [-0.2, 0) is 20.9 Å². The Morgan fingerprint density at radius 2 is 2.38 bits per heavy atom. The molecular weight excluding hydrogens is 214 g/mol. The van der Waals surface area contributed by atoms with Crippen molar-refractivity contribution in [3.8, 4) is 0 Å². The zero-order valence-corrected chi connectivity index (χ0v) is 8.80. The second-order valence-electron chi connectivity index (χ2n) is 3.19. The lowest BCUT2D eigenvalue weighted by Crippen LogP contribution is -2.42. The molecule has 1 unspecified atom stereocenters. The zero-order chi connectivity index (χ0) is 12.0. The van der Waals surface area contributed by atoms with Crippen LogP contribution in [0.2, 0.25) is 0 Å². The zero-order valence-electron chi connectivity index (χ0n) is 8.80. The molecule has 0 aliphatic carbocycles. The van der Waals surface area contributed by atoms with Gasteiger partial charge in [0.05, 0.1) is 12.9 Å². The van der Waals surface area contributed by atoms with Crippen molar-refractivity contribution in [3.05, 3.63) is 24.2 Å². The molecule has 88 valence electrons. The standard InChI is InChI=1S/C10H13NO5/c1-7(12)11-9(10(13)14)6-15-5-8-3-2-4-16-8/h2-4,9H,5-6H2,1H3,(H,11,12)(H,13,14). The molecule has 6 nitrogen and oxygen atoms in total. The van der Waals surface area contributed by atoms with Gasteiger partial charge in [0.1, 0.15) is 12.4 Å². The number of carboxylic acids is 1. The molecule has 0 saturated heterocycles. The first kappa shape index (κ1) is 12.3. The van der Waals surface area contributed by atoms with Crippen LogP contribution in [0, 0.1) is 0 Å². The Morgan fingerprint density at radius 3 is 2.88 bits per heavy atom. The predicted molar refractivity (Wildman–Crippen MR) is 53.6 cm³/mol. The van der Waals surface area contributed by atoms with Crippen LogP contribution in [0.4, 0.5) is 0 Å². The summed E-state index contributed by atoms with van der Waals surface area (Å²) in [6.45, 7) is 1.33. The van der Waals surface area contributed by atoms with E-state index in [1.54, 1.807) is 12.1 Å². The van der Waals surface area contributed by atoms with Crippen LogP contribution in [-0.4, -0.2) is 29.6 Å². The van der Waals surface area contributed by atoms with E-state index in [0.29, 0.717) is 5.76 Å². The Morgan fingerprint density at radius 1 is 1.62 bits per heavy atom. The van der Waals surface area contributed by atoms with Crippen molar-refractivity contribution in [1.29, 1.82) is 0 Å². The van der Waals surface area contributed by atoms with Gasteiger partial charge in [0.15, 0.2) is 6.04 Å². The summed E-state index contributed by atoms with van der Waals surface area (Å²) < 4.78 is 10.1. The van der Waals surface area contributed by atoms with E-state index in [2.05, 4.69) is 5.32 Å². The number of ether oxygens (including phenoxy) is 1. The van der Waals surface area contributed by atoms with Gasteiger partial charge in [-0.05, 0) is 12.1 Å². The van der Waals surface area contributed by atoms with Gasteiger partial charge < -0.3 is 19.6 Å². The molecule has 0 aliphatic heterocycles. The number of aliphatic carboxylic acids is 1. The number of hydrogen-bond donors (Lipinski definition) is 2. The summed E-state index contributed by atoms with van der Waals surface area (Å²) in [7, 11) is 0. The summed E-state index contributed by atoms with van der Waals surface area (Å²) in [6.07, 6.45) is 1.50. The van der Waals surface area contributed by atoms with E-state index in [9.17, 15) is 9.59 Å². The molecule has 1 aromatic rings. The third-order valence-corrected chi connectivity index (χ3v) is 1.78. The quantitative estimate of drug-likeness (QED) is 0.733. The Hall–Kier alpha value is -1.82. The van der Waals surface area contributed by atoms with Crippen LogP contribution in [0.15, 0.2) is 22.8 Å². The minimum Gasteiger partial charge on any atom is -0.480 e. The third-order valence-electron chi connectivity index (χ3n) is 1.78. The number of rotatable bonds is 6. The summed E-state index contributed by atoms with van der Waals surface area (Å²) in [4.78, 5) is 21.4. The van der Waals surface area contributed by atoms with Gasteiger partial charge in [0, 0.05) is 6.92 Å². The molecule has 0 saturated carbocycles. The Balaban J connectivity index is 2.32. The van der Waals surface area contributed by atoms with Gasteiger partial charge in [-0.2, -0.15) is 0 Å². The van der Waals surface area contributed by atoms with Crippen molar-refractivity contribution in [2.45, 2.75) is 19.6 Å². The molecule has 1 amide bonds. The maximum atomic E-state index is 10.7. The molecule has 0 fully saturated rings. The van der Waals surface area contributed by atoms with Crippen LogP contribution >= 0.6 is 0 Å². The number of carboxylic acid groups (broad SMARTS) is 1. The average molecular weight is 227 g/mol. The molecule has 0 spiro atoms. The molecule has 1 rings (SSSR count). The lowest BCUT2D eigenvalue weighted by molar-refractivity contribution is -0.143. The molecule has 16 heavy (non-hydrogen) atoms. The fraction of sp³-hybridized carbons (Fsp3) is 0.400. The van der Waals surface area contributed by atoms with E-state index in [1.807, 2.05) is 0 Å². The maximum Gasteiger partial charge on any atom is 0.328 e. The Kier molecular flexibility index (Phi) is 4.53. The predicted octanol–water partition coefficient (Wildman–Crippen LogP) is 0.385. The highest BCUT2D eigenvalue weighted by atomic mass is 16.5. The van der Waals surface area contributed by atoms with Crippen LogP contribution in [0.3, 0.4) is 0 Å². The second-order valence-corrected chi connectivity index (χ2v) is 3.19. The van der Waals surface area contributed by atoms with Crippen molar-refractivity contribution >= 4 is 11.9 Å². The largest absolute Gasteiger partial charge is 0.480 e. The smallest absolute Gasteiger partial charge is 0.328 e. The summed E-state index contributed by atoms with van der Waals surface area (Å²) in [5.41, 5.74) is 0. The summed E-state index contributed by atoms with van der Waals surface area (Å²) >= 11 is 0. The minimum atomic E-state index is -1.13. The van der Waals surface area contributed by atoms with Crippen LogP contribution < -0.4 is 5.32 Å². The molecule has 6 heteroatoms. The minimum absolute atomic E-state index is 0.102. The van der Waals surface area contributed by atoms with E-state index in [1.165, 1.54) is 13.2 Å². The average Bonchev–Trinajstić information content (AvgIpc) is 2.68. The van der Waals surface area contributed by atoms with Crippen molar-refractivity contribution in [1.82, 2.24) is 5.32 Å². The number of carbonyl (C=O) groups is 2. The third kappa shape index (κ3) is 4.14. The molecule has 1 heterocycles. The first-order valence-electron chi connectivity index (χ1n) is 4.69. The summed E-state index contributed by atoms with van der Waals surface area (Å²) in [5, 5.41) is 11.0. The molecule has 0 radical (unpaired) electrons. The molecule has 2 N–H and O–H groups in total. The van der Waals surface area contributed by atoms with Gasteiger partial charge in [0.2, 0.25) is 5.91 Å². The van der Waals surface area contributed by atoms with Crippen LogP contribution in [0.25, 0.3) is 0 Å². The highest BCUT2D eigenvalue weighted by molar-refractivity contribution is 5.82. The molecule has 0 aromatic carbocycles. The van der Waals surface area contributed by atoms with Gasteiger partial charge in [-0.1, -0.05) is 0 Å². The first-order chi connectivity index (χ1) is 7.59. The van der Waals surface area contributed by atoms with Gasteiger partial charge >= 0.3 is 5.97 Å². The number of nitrogens with one attached hydrogen (secondary N) is 1. The van der Waals surface area contributed by atoms with E-state index < -0.39 is 17.9 Å². The maximum absolute atomic E-state index is 10.7. The SMILES string of the molecule is CC(=O)NC(COCc1ccco1)C(=O)O. The van der Waals surface area contributed by atoms with Crippen molar-refractivity contribution in [2.75, 3.05) is 6.61 Å². The first-order valence-corrected chi connectivity index (χ1v) is 4.69. The van der Waals surface area contributed by atoms with Gasteiger partial charge in [-0.25, -0.2) is 4.79 Å². The number of amides is 1. The highest BCUT2D eigenvalue weighted by Gasteiger charge is 2.18. The van der Waals surface area contributed by atoms with E-state index in [0.717, 1.165) is 0 Å². The van der Waals surface area contributed by atoms with E-state index in [4.69, 9.17) is 14.3 Å². The van der Waals surface area contributed by atoms with E-state index in [-0.39, 0.29) is 13.2 Å². The summed E-state index contributed by atoms with van der Waals surface area (Å²) in [5.74, 6) is -0.935. The fourth-order valence-electron chi connectivity index (χ4n) is 1.09. The number of hydrogen-bond acceptors (Lipinski definition) is 4. The number of furan rings is 1. The lowest BCUT2D eigenvalue weighted by Gasteiger charge is -2.12. The van der Waals surface area contributed by atoms with Crippen molar-refractivity contribution < 1.29 is 23.8 Å².